The first-order valence-corrected chi connectivity index (χ1v) is 11.7. The molecule has 3 aromatic carbocycles. The molecular formula is C26H25N3O2S. The van der Waals surface area contributed by atoms with E-state index in [9.17, 15) is 4.79 Å². The molecule has 1 saturated heterocycles. The fourth-order valence-electron chi connectivity index (χ4n) is 4.18. The van der Waals surface area contributed by atoms with Crippen molar-refractivity contribution in [3.05, 3.63) is 77.9 Å². The maximum Gasteiger partial charge on any atom is 0.257 e. The van der Waals surface area contributed by atoms with Crippen molar-refractivity contribution in [2.75, 3.05) is 25.5 Å². The Balaban J connectivity index is 1.38. The molecule has 32 heavy (non-hydrogen) atoms. The first-order chi connectivity index (χ1) is 15.7. The normalized spacial score (nSPS) is 14.0. The van der Waals surface area contributed by atoms with Crippen LogP contribution in [0.4, 0.5) is 5.13 Å². The summed E-state index contributed by atoms with van der Waals surface area (Å²) in [6, 6.07) is 22.0. The highest BCUT2D eigenvalue weighted by Gasteiger charge is 2.17. The topological polar surface area (TPSA) is 54.5 Å². The zero-order chi connectivity index (χ0) is 21.9. The second-order valence-corrected chi connectivity index (χ2v) is 9.01. The van der Waals surface area contributed by atoms with E-state index in [1.807, 2.05) is 54.6 Å². The van der Waals surface area contributed by atoms with Crippen molar-refractivity contribution in [3.8, 4) is 16.9 Å². The van der Waals surface area contributed by atoms with Gasteiger partial charge in [-0.05, 0) is 61.3 Å². The van der Waals surface area contributed by atoms with Crippen molar-refractivity contribution in [2.45, 2.75) is 19.4 Å². The Morgan fingerprint density at radius 3 is 2.50 bits per heavy atom. The van der Waals surface area contributed by atoms with Crippen LogP contribution in [0.2, 0.25) is 0 Å². The third-order valence-corrected chi connectivity index (χ3v) is 6.86. The van der Waals surface area contributed by atoms with Crippen LogP contribution in [0.25, 0.3) is 21.3 Å². The quantitative estimate of drug-likeness (QED) is 0.408. The second kappa shape index (κ2) is 9.10. The molecule has 162 valence electrons. The van der Waals surface area contributed by atoms with Gasteiger partial charge in [-0.1, -0.05) is 53.8 Å². The second-order valence-electron chi connectivity index (χ2n) is 8.01. The molecule has 4 aromatic rings. The van der Waals surface area contributed by atoms with E-state index in [4.69, 9.17) is 4.74 Å². The lowest BCUT2D eigenvalue weighted by Gasteiger charge is -2.14. The number of carbonyl (C=O) groups excluding carboxylic acids is 1. The average molecular weight is 444 g/mol. The van der Waals surface area contributed by atoms with Gasteiger partial charge in [-0.15, -0.1) is 0 Å². The molecule has 1 aliphatic heterocycles. The lowest BCUT2D eigenvalue weighted by molar-refractivity contribution is 0.102. The number of anilines is 1. The van der Waals surface area contributed by atoms with E-state index in [0.717, 1.165) is 41.0 Å². The van der Waals surface area contributed by atoms with E-state index in [2.05, 4.69) is 27.3 Å². The van der Waals surface area contributed by atoms with Gasteiger partial charge in [0, 0.05) is 17.7 Å². The number of aromatic nitrogens is 1. The number of hydrogen-bond donors (Lipinski definition) is 1. The standard InChI is InChI=1S/C26H25N3O2S/c1-31-22-14-13-21(19-7-3-2-4-8-19)24-23(22)27-26(32-24)28-25(30)20-11-9-18(10-12-20)17-29-15-5-6-16-29/h2-4,7-14H,5-6,15-17H2,1H3,(H,27,28,30). The molecule has 0 radical (unpaired) electrons. The summed E-state index contributed by atoms with van der Waals surface area (Å²) in [7, 11) is 1.64. The molecule has 1 fully saturated rings. The molecule has 2 heterocycles. The van der Waals surface area contributed by atoms with Crippen LogP contribution in [-0.2, 0) is 6.54 Å². The molecule has 0 unspecified atom stereocenters. The van der Waals surface area contributed by atoms with Crippen molar-refractivity contribution in [2.24, 2.45) is 0 Å². The van der Waals surface area contributed by atoms with Crippen molar-refractivity contribution in [1.82, 2.24) is 9.88 Å². The van der Waals surface area contributed by atoms with Gasteiger partial charge in [0.1, 0.15) is 11.3 Å². The van der Waals surface area contributed by atoms with E-state index in [1.54, 1.807) is 7.11 Å². The molecular weight excluding hydrogens is 418 g/mol. The first-order valence-electron chi connectivity index (χ1n) is 10.9. The number of ether oxygens (including phenoxy) is 1. The van der Waals surface area contributed by atoms with Crippen LogP contribution < -0.4 is 10.1 Å². The Kier molecular flexibility index (Phi) is 5.88. The number of nitrogens with one attached hydrogen (secondary N) is 1. The molecule has 6 heteroatoms. The number of benzene rings is 3. The summed E-state index contributed by atoms with van der Waals surface area (Å²) in [4.78, 5) is 20.0. The van der Waals surface area contributed by atoms with Gasteiger partial charge < -0.3 is 4.74 Å². The number of nitrogens with zero attached hydrogens (tertiary/aromatic N) is 2. The summed E-state index contributed by atoms with van der Waals surface area (Å²) in [6.45, 7) is 3.27. The van der Waals surface area contributed by atoms with E-state index in [0.29, 0.717) is 16.4 Å². The van der Waals surface area contributed by atoms with Gasteiger partial charge in [0.25, 0.3) is 5.91 Å². The highest BCUT2D eigenvalue weighted by atomic mass is 32.1. The minimum atomic E-state index is -0.156. The monoisotopic (exact) mass is 443 g/mol. The van der Waals surface area contributed by atoms with Gasteiger partial charge in [0.05, 0.1) is 11.8 Å². The predicted octanol–water partition coefficient (Wildman–Crippen LogP) is 5.82. The molecule has 1 amide bonds. The minimum Gasteiger partial charge on any atom is -0.494 e. The van der Waals surface area contributed by atoms with Crippen LogP contribution in [0.15, 0.2) is 66.7 Å². The van der Waals surface area contributed by atoms with Crippen LogP contribution in [-0.4, -0.2) is 36.0 Å². The summed E-state index contributed by atoms with van der Waals surface area (Å²) in [5, 5.41) is 3.54. The number of likely N-dealkylation sites (tertiary alicyclic amines) is 1. The Morgan fingerprint density at radius 2 is 1.78 bits per heavy atom. The lowest BCUT2D eigenvalue weighted by Crippen LogP contribution is -2.18. The van der Waals surface area contributed by atoms with Crippen LogP contribution in [0, 0.1) is 0 Å². The molecule has 0 spiro atoms. The molecule has 1 aliphatic rings. The van der Waals surface area contributed by atoms with Crippen molar-refractivity contribution in [1.29, 1.82) is 0 Å². The first kappa shape index (κ1) is 20.7. The molecule has 0 bridgehead atoms. The number of methoxy groups -OCH3 is 1. The van der Waals surface area contributed by atoms with Gasteiger partial charge in [-0.25, -0.2) is 4.98 Å². The molecule has 5 nitrogen and oxygen atoms in total. The Hall–Kier alpha value is -3.22. The van der Waals surface area contributed by atoms with Crippen molar-refractivity contribution < 1.29 is 9.53 Å². The number of rotatable bonds is 6. The Labute approximate surface area is 191 Å². The zero-order valence-electron chi connectivity index (χ0n) is 18.0. The zero-order valence-corrected chi connectivity index (χ0v) is 18.8. The molecule has 0 saturated carbocycles. The third-order valence-electron chi connectivity index (χ3n) is 5.85. The molecule has 1 aromatic heterocycles. The van der Waals surface area contributed by atoms with Crippen LogP contribution >= 0.6 is 11.3 Å². The SMILES string of the molecule is COc1ccc(-c2ccccc2)c2sc(NC(=O)c3ccc(CN4CCCC4)cc3)nc12. The maximum absolute atomic E-state index is 12.9. The van der Waals surface area contributed by atoms with Crippen LogP contribution in [0.3, 0.4) is 0 Å². The smallest absolute Gasteiger partial charge is 0.257 e. The Morgan fingerprint density at radius 1 is 1.03 bits per heavy atom. The molecule has 1 N–H and O–H groups in total. The summed E-state index contributed by atoms with van der Waals surface area (Å²) in [5.41, 5.74) is 4.81. The van der Waals surface area contributed by atoms with Crippen molar-refractivity contribution >= 4 is 32.6 Å². The fourth-order valence-corrected chi connectivity index (χ4v) is 5.19. The lowest BCUT2D eigenvalue weighted by atomic mass is 10.1. The van der Waals surface area contributed by atoms with E-state index in [1.165, 1.54) is 29.7 Å². The van der Waals surface area contributed by atoms with Crippen LogP contribution in [0.1, 0.15) is 28.8 Å². The predicted molar refractivity (Wildman–Crippen MR) is 131 cm³/mol. The largest absolute Gasteiger partial charge is 0.494 e. The average Bonchev–Trinajstić information content (AvgIpc) is 3.49. The summed E-state index contributed by atoms with van der Waals surface area (Å²) in [5.74, 6) is 0.541. The number of fused-ring (bicyclic) bond motifs is 1. The number of hydrogen-bond acceptors (Lipinski definition) is 5. The summed E-state index contributed by atoms with van der Waals surface area (Å²) >= 11 is 1.47. The summed E-state index contributed by atoms with van der Waals surface area (Å²) in [6.07, 6.45) is 2.55. The van der Waals surface area contributed by atoms with E-state index in [-0.39, 0.29) is 5.91 Å². The minimum absolute atomic E-state index is 0.156. The van der Waals surface area contributed by atoms with Gasteiger partial charge in [-0.3, -0.25) is 15.0 Å². The number of carbonyl (C=O) groups is 1. The summed E-state index contributed by atoms with van der Waals surface area (Å²) < 4.78 is 6.51. The fraction of sp³-hybridized carbons (Fsp3) is 0.231. The molecule has 5 rings (SSSR count). The highest BCUT2D eigenvalue weighted by Crippen LogP contribution is 2.39. The van der Waals surface area contributed by atoms with E-state index >= 15 is 0 Å². The van der Waals surface area contributed by atoms with Crippen molar-refractivity contribution in [3.63, 3.8) is 0 Å². The van der Waals surface area contributed by atoms with Gasteiger partial charge in [0.15, 0.2) is 5.13 Å². The van der Waals surface area contributed by atoms with Crippen LogP contribution in [0.5, 0.6) is 5.75 Å². The van der Waals surface area contributed by atoms with Gasteiger partial charge in [0.2, 0.25) is 0 Å². The van der Waals surface area contributed by atoms with E-state index < -0.39 is 0 Å². The third kappa shape index (κ3) is 4.24. The number of thiazole rings is 1. The highest BCUT2D eigenvalue weighted by molar-refractivity contribution is 7.23. The number of amides is 1. The Bertz CT molecular complexity index is 1230. The molecule has 0 atom stereocenters. The maximum atomic E-state index is 12.9. The van der Waals surface area contributed by atoms with Gasteiger partial charge in [-0.2, -0.15) is 0 Å². The molecule has 0 aliphatic carbocycles. The van der Waals surface area contributed by atoms with Gasteiger partial charge >= 0.3 is 0 Å².